The van der Waals surface area contributed by atoms with Crippen LogP contribution in [0.5, 0.6) is 5.75 Å². The van der Waals surface area contributed by atoms with Crippen molar-refractivity contribution in [3.8, 4) is 5.75 Å². The maximum atomic E-state index is 12.4. The van der Waals surface area contributed by atoms with Crippen molar-refractivity contribution >= 4 is 5.78 Å². The molecule has 3 rings (SSSR count). The largest absolute Gasteiger partial charge is 0.492 e. The Morgan fingerprint density at radius 2 is 2.14 bits per heavy atom. The Hall–Kier alpha value is -1.35. The van der Waals surface area contributed by atoms with Gasteiger partial charge in [0.25, 0.3) is 0 Å². The summed E-state index contributed by atoms with van der Waals surface area (Å²) in [6, 6.07) is 5.88. The van der Waals surface area contributed by atoms with Gasteiger partial charge in [-0.1, -0.05) is 13.8 Å². The highest BCUT2D eigenvalue weighted by molar-refractivity contribution is 5.96. The molecule has 0 unspecified atom stereocenters. The van der Waals surface area contributed by atoms with Gasteiger partial charge in [-0.25, -0.2) is 0 Å². The van der Waals surface area contributed by atoms with E-state index >= 15 is 0 Å². The van der Waals surface area contributed by atoms with E-state index in [2.05, 4.69) is 13.8 Å². The molecular weight excluding hydrogens is 264 g/mol. The van der Waals surface area contributed by atoms with Gasteiger partial charge in [-0.15, -0.1) is 0 Å². The van der Waals surface area contributed by atoms with Gasteiger partial charge in [-0.05, 0) is 43.9 Å². The Bertz CT molecular complexity index is 541. The SMILES string of the molecule is CCOC1CC(CC(=O)c2ccc3c(c2)C(C)(C)CO3)C1. The van der Waals surface area contributed by atoms with Crippen LogP contribution in [0.25, 0.3) is 0 Å². The van der Waals surface area contributed by atoms with Crippen LogP contribution in [0.3, 0.4) is 0 Å². The number of carbonyl (C=O) groups is 1. The minimum Gasteiger partial charge on any atom is -0.492 e. The lowest BCUT2D eigenvalue weighted by Crippen LogP contribution is -2.32. The molecule has 0 bridgehead atoms. The van der Waals surface area contributed by atoms with Crippen molar-refractivity contribution in [3.05, 3.63) is 29.3 Å². The second-order valence-corrected chi connectivity index (χ2v) is 6.93. The molecule has 0 N–H and O–H groups in total. The standard InChI is InChI=1S/C18H24O3/c1-4-20-14-7-12(8-14)9-16(19)13-5-6-17-15(10-13)18(2,3)11-21-17/h5-6,10,12,14H,4,7-9,11H2,1-3H3. The summed E-state index contributed by atoms with van der Waals surface area (Å²) < 4.78 is 11.2. The quantitative estimate of drug-likeness (QED) is 0.774. The van der Waals surface area contributed by atoms with Gasteiger partial charge in [0.1, 0.15) is 5.75 Å². The molecule has 0 atom stereocenters. The molecule has 1 aliphatic heterocycles. The van der Waals surface area contributed by atoms with Crippen LogP contribution < -0.4 is 4.74 Å². The zero-order valence-electron chi connectivity index (χ0n) is 13.1. The van der Waals surface area contributed by atoms with Crippen LogP contribution in [0.2, 0.25) is 0 Å². The third-order valence-corrected chi connectivity index (χ3v) is 4.69. The number of ether oxygens (including phenoxy) is 2. The van der Waals surface area contributed by atoms with E-state index in [9.17, 15) is 4.79 Å². The van der Waals surface area contributed by atoms with E-state index in [4.69, 9.17) is 9.47 Å². The minimum atomic E-state index is 0.00214. The molecule has 1 aromatic rings. The highest BCUT2D eigenvalue weighted by Crippen LogP contribution is 2.39. The molecule has 114 valence electrons. The van der Waals surface area contributed by atoms with Crippen LogP contribution in [0, 0.1) is 5.92 Å². The van der Waals surface area contributed by atoms with Crippen LogP contribution in [0.1, 0.15) is 56.0 Å². The molecule has 0 spiro atoms. The first kappa shape index (κ1) is 14.6. The van der Waals surface area contributed by atoms with Crippen molar-refractivity contribution in [1.29, 1.82) is 0 Å². The molecule has 3 nitrogen and oxygen atoms in total. The summed E-state index contributed by atoms with van der Waals surface area (Å²) in [5.41, 5.74) is 1.99. The molecule has 0 radical (unpaired) electrons. The fraction of sp³-hybridized carbons (Fsp3) is 0.611. The molecule has 0 saturated heterocycles. The maximum Gasteiger partial charge on any atom is 0.163 e. The van der Waals surface area contributed by atoms with Crippen LogP contribution in [-0.4, -0.2) is 25.1 Å². The van der Waals surface area contributed by atoms with Crippen LogP contribution in [-0.2, 0) is 10.2 Å². The lowest BCUT2D eigenvalue weighted by Gasteiger charge is -2.34. The Morgan fingerprint density at radius 1 is 1.38 bits per heavy atom. The van der Waals surface area contributed by atoms with Crippen LogP contribution >= 0.6 is 0 Å². The highest BCUT2D eigenvalue weighted by atomic mass is 16.5. The predicted octanol–water partition coefficient (Wildman–Crippen LogP) is 3.74. The normalized spacial score (nSPS) is 25.9. The van der Waals surface area contributed by atoms with Gasteiger partial charge < -0.3 is 9.47 Å². The van der Waals surface area contributed by atoms with E-state index in [0.29, 0.717) is 25.0 Å². The highest BCUT2D eigenvalue weighted by Gasteiger charge is 2.34. The first-order chi connectivity index (χ1) is 9.99. The van der Waals surface area contributed by atoms with Crippen molar-refractivity contribution in [2.24, 2.45) is 5.92 Å². The van der Waals surface area contributed by atoms with E-state index in [1.807, 2.05) is 25.1 Å². The zero-order chi connectivity index (χ0) is 15.0. The van der Waals surface area contributed by atoms with Crippen molar-refractivity contribution in [1.82, 2.24) is 0 Å². The first-order valence-corrected chi connectivity index (χ1v) is 7.91. The van der Waals surface area contributed by atoms with Crippen molar-refractivity contribution in [3.63, 3.8) is 0 Å². The van der Waals surface area contributed by atoms with Crippen LogP contribution in [0.4, 0.5) is 0 Å². The molecule has 21 heavy (non-hydrogen) atoms. The number of ketones is 1. The number of hydrogen-bond donors (Lipinski definition) is 0. The lowest BCUT2D eigenvalue weighted by atomic mass is 9.78. The van der Waals surface area contributed by atoms with Gasteiger partial charge in [0.15, 0.2) is 5.78 Å². The van der Waals surface area contributed by atoms with Gasteiger partial charge in [-0.2, -0.15) is 0 Å². The first-order valence-electron chi connectivity index (χ1n) is 7.91. The summed E-state index contributed by atoms with van der Waals surface area (Å²) in [4.78, 5) is 12.4. The predicted molar refractivity (Wildman–Crippen MR) is 82.0 cm³/mol. The van der Waals surface area contributed by atoms with E-state index in [-0.39, 0.29) is 11.2 Å². The van der Waals surface area contributed by atoms with Gasteiger partial charge in [-0.3, -0.25) is 4.79 Å². The average molecular weight is 288 g/mol. The molecule has 0 amide bonds. The molecule has 1 fully saturated rings. The zero-order valence-corrected chi connectivity index (χ0v) is 13.1. The fourth-order valence-corrected chi connectivity index (χ4v) is 3.29. The molecule has 1 saturated carbocycles. The van der Waals surface area contributed by atoms with E-state index in [1.165, 1.54) is 0 Å². The number of rotatable bonds is 5. The average Bonchev–Trinajstić information content (AvgIpc) is 2.72. The molecule has 0 aromatic heterocycles. The number of carbonyl (C=O) groups excluding carboxylic acids is 1. The third kappa shape index (κ3) is 2.84. The number of benzene rings is 1. The molecule has 3 heteroatoms. The van der Waals surface area contributed by atoms with E-state index in [0.717, 1.165) is 36.3 Å². The smallest absolute Gasteiger partial charge is 0.163 e. The Morgan fingerprint density at radius 3 is 2.86 bits per heavy atom. The Labute approximate surface area is 126 Å². The Balaban J connectivity index is 1.64. The molecule has 1 aromatic carbocycles. The Kier molecular flexibility index (Phi) is 3.78. The van der Waals surface area contributed by atoms with Gasteiger partial charge in [0, 0.05) is 29.6 Å². The third-order valence-electron chi connectivity index (χ3n) is 4.69. The summed E-state index contributed by atoms with van der Waals surface area (Å²) in [6.45, 7) is 7.80. The second kappa shape index (κ2) is 5.45. The fourth-order valence-electron chi connectivity index (χ4n) is 3.29. The van der Waals surface area contributed by atoms with Gasteiger partial charge in [0.05, 0.1) is 12.7 Å². The summed E-state index contributed by atoms with van der Waals surface area (Å²) in [5, 5.41) is 0. The summed E-state index contributed by atoms with van der Waals surface area (Å²) in [5.74, 6) is 1.67. The molecule has 2 aliphatic rings. The van der Waals surface area contributed by atoms with E-state index < -0.39 is 0 Å². The summed E-state index contributed by atoms with van der Waals surface area (Å²) in [7, 11) is 0. The van der Waals surface area contributed by atoms with Crippen molar-refractivity contribution < 1.29 is 14.3 Å². The number of hydrogen-bond acceptors (Lipinski definition) is 3. The molecular formula is C18H24O3. The lowest BCUT2D eigenvalue weighted by molar-refractivity contribution is -0.0246. The molecule has 1 heterocycles. The number of fused-ring (bicyclic) bond motifs is 1. The summed E-state index contributed by atoms with van der Waals surface area (Å²) in [6.07, 6.45) is 3.07. The second-order valence-electron chi connectivity index (χ2n) is 6.93. The number of Topliss-reactive ketones (excluding diaryl/α,β-unsaturated/α-hetero) is 1. The molecule has 1 aliphatic carbocycles. The monoisotopic (exact) mass is 288 g/mol. The van der Waals surface area contributed by atoms with Crippen LogP contribution in [0.15, 0.2) is 18.2 Å². The van der Waals surface area contributed by atoms with Crippen molar-refractivity contribution in [2.75, 3.05) is 13.2 Å². The minimum absolute atomic E-state index is 0.00214. The van der Waals surface area contributed by atoms with Gasteiger partial charge >= 0.3 is 0 Å². The maximum absolute atomic E-state index is 12.4. The van der Waals surface area contributed by atoms with E-state index in [1.54, 1.807) is 0 Å². The van der Waals surface area contributed by atoms with Crippen molar-refractivity contribution in [2.45, 2.75) is 51.6 Å². The summed E-state index contributed by atoms with van der Waals surface area (Å²) >= 11 is 0. The topological polar surface area (TPSA) is 35.5 Å². The van der Waals surface area contributed by atoms with Gasteiger partial charge in [0.2, 0.25) is 0 Å².